The minimum absolute atomic E-state index is 0.0226. The van der Waals surface area contributed by atoms with E-state index in [9.17, 15) is 9.18 Å². The van der Waals surface area contributed by atoms with E-state index in [0.29, 0.717) is 0 Å². The summed E-state index contributed by atoms with van der Waals surface area (Å²) >= 11 is 10.5. The second kappa shape index (κ2) is 6.11. The van der Waals surface area contributed by atoms with Gasteiger partial charge in [-0.1, -0.05) is 43.7 Å². The van der Waals surface area contributed by atoms with Crippen molar-refractivity contribution in [1.29, 1.82) is 0 Å². The molecule has 0 saturated heterocycles. The van der Waals surface area contributed by atoms with Crippen molar-refractivity contribution in [3.05, 3.63) is 29.0 Å². The molecule has 0 aliphatic rings. The summed E-state index contributed by atoms with van der Waals surface area (Å²) < 4.78 is 13.6. The van der Waals surface area contributed by atoms with Crippen LogP contribution in [0.4, 0.5) is 10.1 Å². The summed E-state index contributed by atoms with van der Waals surface area (Å²) in [4.78, 5) is 12.1. The van der Waals surface area contributed by atoms with Crippen LogP contribution < -0.4 is 11.1 Å². The highest BCUT2D eigenvalue weighted by Gasteiger charge is 2.25. The first-order valence-corrected chi connectivity index (χ1v) is 6.17. The summed E-state index contributed by atoms with van der Waals surface area (Å²) in [6, 6.07) is 4.38. The van der Waals surface area contributed by atoms with E-state index in [0.717, 1.165) is 0 Å². The van der Waals surface area contributed by atoms with Gasteiger partial charge in [0, 0.05) is 0 Å². The van der Waals surface area contributed by atoms with Crippen molar-refractivity contribution in [2.24, 2.45) is 17.6 Å². The maximum atomic E-state index is 13.6. The van der Waals surface area contributed by atoms with Crippen LogP contribution in [0, 0.1) is 17.7 Å². The highest BCUT2D eigenvalue weighted by Crippen LogP contribution is 2.23. The fourth-order valence-electron chi connectivity index (χ4n) is 1.57. The van der Waals surface area contributed by atoms with Crippen molar-refractivity contribution in [3.63, 3.8) is 0 Å². The van der Waals surface area contributed by atoms with Gasteiger partial charge < -0.3 is 11.1 Å². The number of anilines is 1. The molecule has 0 radical (unpaired) electrons. The van der Waals surface area contributed by atoms with E-state index in [2.05, 4.69) is 5.32 Å². The lowest BCUT2D eigenvalue weighted by molar-refractivity contribution is -0.118. The lowest BCUT2D eigenvalue weighted by Gasteiger charge is -2.19. The molecule has 1 aromatic carbocycles. The number of amides is 1. The zero-order valence-electron chi connectivity index (χ0n) is 10.0. The van der Waals surface area contributed by atoms with E-state index in [-0.39, 0.29) is 21.6 Å². The first-order valence-electron chi connectivity index (χ1n) is 5.38. The van der Waals surface area contributed by atoms with Crippen LogP contribution in [0.3, 0.4) is 0 Å². The van der Waals surface area contributed by atoms with Gasteiger partial charge in [0.15, 0.2) is 5.82 Å². The Morgan fingerprint density at radius 2 is 2.11 bits per heavy atom. The van der Waals surface area contributed by atoms with Gasteiger partial charge in [-0.3, -0.25) is 4.79 Å². The van der Waals surface area contributed by atoms with Gasteiger partial charge in [0.2, 0.25) is 5.91 Å². The Labute approximate surface area is 115 Å². The van der Waals surface area contributed by atoms with Crippen LogP contribution in [0.1, 0.15) is 13.8 Å². The lowest BCUT2D eigenvalue weighted by atomic mass is 9.95. The summed E-state index contributed by atoms with van der Waals surface area (Å²) in [6.07, 6.45) is 0. The molecule has 6 heteroatoms. The first kappa shape index (κ1) is 14.9. The van der Waals surface area contributed by atoms with Gasteiger partial charge in [-0.2, -0.15) is 0 Å². The van der Waals surface area contributed by atoms with Crippen LogP contribution in [0.25, 0.3) is 0 Å². The molecule has 1 unspecified atom stereocenters. The van der Waals surface area contributed by atoms with Crippen LogP contribution in [0.5, 0.6) is 0 Å². The number of benzene rings is 1. The molecule has 0 fully saturated rings. The van der Waals surface area contributed by atoms with Crippen LogP contribution in [-0.4, -0.2) is 10.9 Å². The van der Waals surface area contributed by atoms with E-state index in [1.165, 1.54) is 12.1 Å². The van der Waals surface area contributed by atoms with E-state index >= 15 is 0 Å². The van der Waals surface area contributed by atoms with Gasteiger partial charge in [0.1, 0.15) is 0 Å². The van der Waals surface area contributed by atoms with Crippen molar-refractivity contribution in [2.45, 2.75) is 13.8 Å². The number of nitrogens with one attached hydrogen (secondary N) is 1. The molecule has 0 aliphatic carbocycles. The average Bonchev–Trinajstić information content (AvgIpc) is 2.23. The van der Waals surface area contributed by atoms with E-state index in [1.807, 2.05) is 13.8 Å². The summed E-state index contributed by atoms with van der Waals surface area (Å²) in [7, 11) is 0. The Bertz CT molecular complexity index is 479. The molecule has 1 amide bonds. The summed E-state index contributed by atoms with van der Waals surface area (Å²) in [5, 5.41) is 2.40. The molecule has 18 heavy (non-hydrogen) atoms. The first-order chi connectivity index (χ1) is 8.34. The van der Waals surface area contributed by atoms with Crippen LogP contribution in [0.15, 0.2) is 18.2 Å². The molecule has 1 rings (SSSR count). The Balaban J connectivity index is 2.93. The highest BCUT2D eigenvalue weighted by molar-refractivity contribution is 7.80. The third-order valence-corrected chi connectivity index (χ3v) is 3.01. The molecule has 0 aliphatic heterocycles. The Kier molecular flexibility index (Phi) is 5.04. The van der Waals surface area contributed by atoms with Gasteiger partial charge in [-0.15, -0.1) is 0 Å². The second-order valence-electron chi connectivity index (χ2n) is 4.21. The molecule has 0 heterocycles. The maximum absolute atomic E-state index is 13.6. The third kappa shape index (κ3) is 3.40. The van der Waals surface area contributed by atoms with Crippen molar-refractivity contribution < 1.29 is 9.18 Å². The fraction of sp³-hybridized carbons (Fsp3) is 0.333. The molecular weight excluding hydrogens is 275 g/mol. The monoisotopic (exact) mass is 288 g/mol. The quantitative estimate of drug-likeness (QED) is 0.838. The number of rotatable bonds is 4. The average molecular weight is 289 g/mol. The summed E-state index contributed by atoms with van der Waals surface area (Å²) in [5.74, 6) is -1.81. The van der Waals surface area contributed by atoms with Gasteiger partial charge in [-0.05, 0) is 18.1 Å². The Hall–Kier alpha value is -1.20. The van der Waals surface area contributed by atoms with E-state index in [1.54, 1.807) is 6.07 Å². The number of carbonyl (C=O) groups excluding carboxylic acids is 1. The molecule has 0 bridgehead atoms. The fourth-order valence-corrected chi connectivity index (χ4v) is 2.13. The molecule has 0 saturated carbocycles. The number of hydrogen-bond acceptors (Lipinski definition) is 2. The normalized spacial score (nSPS) is 12.3. The summed E-state index contributed by atoms with van der Waals surface area (Å²) in [5.41, 5.74) is 5.53. The predicted octanol–water partition coefficient (Wildman–Crippen LogP) is 2.98. The number of hydrogen-bond donors (Lipinski definition) is 2. The van der Waals surface area contributed by atoms with Gasteiger partial charge in [0.25, 0.3) is 0 Å². The molecule has 0 spiro atoms. The van der Waals surface area contributed by atoms with Gasteiger partial charge >= 0.3 is 0 Å². The SMILES string of the molecule is CC(C)C(C(=O)Nc1cccc(Cl)c1F)C(N)=S. The molecule has 3 N–H and O–H groups in total. The topological polar surface area (TPSA) is 55.1 Å². The standard InChI is InChI=1S/C12H14ClFN2OS/c1-6(2)9(11(15)18)12(17)16-8-5-3-4-7(13)10(8)14/h3-6,9H,1-2H3,(H2,15,18)(H,16,17). The van der Waals surface area contributed by atoms with Gasteiger partial charge in [-0.25, -0.2) is 4.39 Å². The largest absolute Gasteiger partial charge is 0.393 e. The number of thiocarbonyl (C=S) groups is 1. The smallest absolute Gasteiger partial charge is 0.234 e. The van der Waals surface area contributed by atoms with Crippen LogP contribution >= 0.6 is 23.8 Å². The third-order valence-electron chi connectivity index (χ3n) is 2.47. The van der Waals surface area contributed by atoms with Crippen molar-refractivity contribution in [2.75, 3.05) is 5.32 Å². The molecule has 1 atom stereocenters. The summed E-state index contributed by atoms with van der Waals surface area (Å²) in [6.45, 7) is 3.63. The minimum atomic E-state index is -0.669. The molecule has 3 nitrogen and oxygen atoms in total. The lowest BCUT2D eigenvalue weighted by Crippen LogP contribution is -2.36. The second-order valence-corrected chi connectivity index (χ2v) is 5.09. The zero-order chi connectivity index (χ0) is 13.9. The van der Waals surface area contributed by atoms with Crippen LogP contribution in [0.2, 0.25) is 5.02 Å². The maximum Gasteiger partial charge on any atom is 0.234 e. The predicted molar refractivity (Wildman–Crippen MR) is 75.2 cm³/mol. The Morgan fingerprint density at radius 3 is 2.61 bits per heavy atom. The Morgan fingerprint density at radius 1 is 1.50 bits per heavy atom. The van der Waals surface area contributed by atoms with Crippen molar-refractivity contribution >= 4 is 40.4 Å². The molecule has 98 valence electrons. The minimum Gasteiger partial charge on any atom is -0.393 e. The van der Waals surface area contributed by atoms with E-state index in [4.69, 9.17) is 29.6 Å². The zero-order valence-corrected chi connectivity index (χ0v) is 11.6. The molecule has 1 aromatic rings. The van der Waals surface area contributed by atoms with E-state index < -0.39 is 17.6 Å². The molecule has 0 aromatic heterocycles. The molecular formula is C12H14ClFN2OS. The number of carbonyl (C=O) groups is 1. The van der Waals surface area contributed by atoms with Gasteiger partial charge in [0.05, 0.1) is 21.6 Å². The van der Waals surface area contributed by atoms with Crippen molar-refractivity contribution in [3.8, 4) is 0 Å². The number of halogens is 2. The number of nitrogens with two attached hydrogens (primary N) is 1. The van der Waals surface area contributed by atoms with Crippen molar-refractivity contribution in [1.82, 2.24) is 0 Å². The highest BCUT2D eigenvalue weighted by atomic mass is 35.5. The van der Waals surface area contributed by atoms with Crippen LogP contribution in [-0.2, 0) is 4.79 Å².